The fourth-order valence-corrected chi connectivity index (χ4v) is 8.34. The Morgan fingerprint density at radius 1 is 0.204 bits per heavy atom. The summed E-state index contributed by atoms with van der Waals surface area (Å²) in [5, 5.41) is 19.2. The van der Waals surface area contributed by atoms with Gasteiger partial charge in [0.15, 0.2) is 0 Å². The largest absolute Gasteiger partial charge is 0.396 e. The lowest BCUT2D eigenvalue weighted by Gasteiger charge is -2.13. The molecular formula is C52H108O2. The molecule has 2 N–H and O–H groups in total. The molecule has 54 heavy (non-hydrogen) atoms. The van der Waals surface area contributed by atoms with Crippen molar-refractivity contribution in [2.24, 2.45) is 11.8 Å². The molecule has 0 bridgehead atoms. The molecule has 2 heteroatoms. The van der Waals surface area contributed by atoms with Crippen molar-refractivity contribution in [2.45, 2.75) is 310 Å². The van der Waals surface area contributed by atoms with Crippen LogP contribution in [0.2, 0.25) is 0 Å². The third kappa shape index (κ3) is 49.9. The zero-order valence-electron chi connectivity index (χ0n) is 38.6. The van der Waals surface area contributed by atoms with Gasteiger partial charge in [0.1, 0.15) is 0 Å². The molecule has 2 atom stereocenters. The maximum atomic E-state index is 9.61. The first-order valence-corrected chi connectivity index (χ1v) is 25.9. The van der Waals surface area contributed by atoms with Crippen LogP contribution >= 0.6 is 0 Å². The molecule has 0 saturated carbocycles. The first kappa shape index (κ1) is 56.0. The zero-order chi connectivity index (χ0) is 39.7. The molecular weight excluding hydrogens is 657 g/mol. The van der Waals surface area contributed by atoms with Gasteiger partial charge in [-0.3, -0.25) is 0 Å². The monoisotopic (exact) mass is 765 g/mol. The van der Waals surface area contributed by atoms with Crippen molar-refractivity contribution < 1.29 is 10.2 Å². The molecule has 0 aromatic heterocycles. The molecule has 0 aromatic carbocycles. The van der Waals surface area contributed by atoms with Crippen LogP contribution in [0.4, 0.5) is 0 Å². The average molecular weight is 765 g/mol. The highest BCUT2D eigenvalue weighted by Gasteiger charge is 2.08. The van der Waals surface area contributed by atoms with Crippen molar-refractivity contribution in [1.29, 1.82) is 0 Å². The van der Waals surface area contributed by atoms with Crippen LogP contribution in [-0.4, -0.2) is 23.4 Å². The second-order valence-corrected chi connectivity index (χ2v) is 18.0. The lowest BCUT2D eigenvalue weighted by molar-refractivity contribution is 0.204. The predicted molar refractivity (Wildman–Crippen MR) is 247 cm³/mol. The predicted octanol–water partition coefficient (Wildman–Crippen LogP) is 18.4. The van der Waals surface area contributed by atoms with Crippen LogP contribution in [0.5, 0.6) is 0 Å². The van der Waals surface area contributed by atoms with Crippen LogP contribution in [0.3, 0.4) is 0 Å². The second-order valence-electron chi connectivity index (χ2n) is 18.0. The number of aliphatic hydroxyl groups excluding tert-OH is 2. The van der Waals surface area contributed by atoms with Crippen molar-refractivity contribution in [1.82, 2.24) is 0 Å². The number of rotatable bonds is 46. The van der Waals surface area contributed by atoms with Gasteiger partial charge in [0.05, 0.1) is 0 Å². The van der Waals surface area contributed by atoms with Crippen molar-refractivity contribution in [3.63, 3.8) is 0 Å². The van der Waals surface area contributed by atoms with E-state index in [1.807, 2.05) is 0 Å². The van der Waals surface area contributed by atoms with E-state index < -0.39 is 0 Å². The standard InChI is InChI=1S/2C26H54O/c2*1-3-5-7-9-11-13-14-16-18-20-22-24-26(25-27)23-21-19-17-15-12-10-8-6-4-2/h2*26-27H,3-25H2,1-2H3. The molecule has 0 fully saturated rings. The smallest absolute Gasteiger partial charge is 0.0459 e. The molecule has 0 heterocycles. The maximum Gasteiger partial charge on any atom is 0.0459 e. The summed E-state index contributed by atoms with van der Waals surface area (Å²) >= 11 is 0. The van der Waals surface area contributed by atoms with Gasteiger partial charge in [-0.15, -0.1) is 0 Å². The van der Waals surface area contributed by atoms with E-state index in [1.165, 1.54) is 283 Å². The molecule has 0 amide bonds. The van der Waals surface area contributed by atoms with E-state index in [2.05, 4.69) is 27.7 Å². The number of hydrogen-bond donors (Lipinski definition) is 2. The highest BCUT2D eigenvalue weighted by Crippen LogP contribution is 2.21. The average Bonchev–Trinajstić information content (AvgIpc) is 3.19. The van der Waals surface area contributed by atoms with Crippen molar-refractivity contribution >= 4 is 0 Å². The van der Waals surface area contributed by atoms with Crippen molar-refractivity contribution in [2.75, 3.05) is 13.2 Å². The number of unbranched alkanes of at least 4 members (excludes halogenated alkanes) is 36. The van der Waals surface area contributed by atoms with E-state index in [1.54, 1.807) is 0 Å². The lowest BCUT2D eigenvalue weighted by Crippen LogP contribution is -2.06. The summed E-state index contributed by atoms with van der Waals surface area (Å²) in [4.78, 5) is 0. The fourth-order valence-electron chi connectivity index (χ4n) is 8.34. The Hall–Kier alpha value is -0.0800. The van der Waals surface area contributed by atoms with Gasteiger partial charge in [0.2, 0.25) is 0 Å². The summed E-state index contributed by atoms with van der Waals surface area (Å²) in [6.45, 7) is 9.97. The van der Waals surface area contributed by atoms with E-state index in [4.69, 9.17) is 0 Å². The molecule has 328 valence electrons. The van der Waals surface area contributed by atoms with Gasteiger partial charge < -0.3 is 10.2 Å². The highest BCUT2D eigenvalue weighted by molar-refractivity contribution is 4.61. The Kier molecular flexibility index (Phi) is 54.9. The third-order valence-corrected chi connectivity index (χ3v) is 12.4. The second kappa shape index (κ2) is 52.9. The minimum Gasteiger partial charge on any atom is -0.396 e. The van der Waals surface area contributed by atoms with Gasteiger partial charge in [-0.1, -0.05) is 285 Å². The van der Waals surface area contributed by atoms with Crippen LogP contribution in [-0.2, 0) is 0 Å². The van der Waals surface area contributed by atoms with Gasteiger partial charge in [0.25, 0.3) is 0 Å². The Labute approximate surface area is 344 Å². The Balaban J connectivity index is 0. The molecule has 0 aromatic rings. The normalized spacial score (nSPS) is 12.6. The molecule has 0 radical (unpaired) electrons. The van der Waals surface area contributed by atoms with Gasteiger partial charge in [-0.2, -0.15) is 0 Å². The zero-order valence-corrected chi connectivity index (χ0v) is 38.6. The highest BCUT2D eigenvalue weighted by atomic mass is 16.3. The van der Waals surface area contributed by atoms with Crippen LogP contribution < -0.4 is 0 Å². The number of aliphatic hydroxyl groups is 2. The molecule has 2 nitrogen and oxygen atoms in total. The minimum absolute atomic E-state index is 0.411. The van der Waals surface area contributed by atoms with Crippen LogP contribution in [0, 0.1) is 11.8 Å². The first-order valence-electron chi connectivity index (χ1n) is 25.9. The van der Waals surface area contributed by atoms with Crippen LogP contribution in [0.25, 0.3) is 0 Å². The summed E-state index contributed by atoms with van der Waals surface area (Å²) in [6.07, 6.45) is 61.3. The Morgan fingerprint density at radius 3 is 0.463 bits per heavy atom. The third-order valence-electron chi connectivity index (χ3n) is 12.4. The summed E-state index contributed by atoms with van der Waals surface area (Å²) in [5.41, 5.74) is 0. The van der Waals surface area contributed by atoms with Gasteiger partial charge in [0, 0.05) is 13.2 Å². The molecule has 2 unspecified atom stereocenters. The van der Waals surface area contributed by atoms with Gasteiger partial charge >= 0.3 is 0 Å². The van der Waals surface area contributed by atoms with E-state index >= 15 is 0 Å². The van der Waals surface area contributed by atoms with Gasteiger partial charge in [-0.05, 0) is 37.5 Å². The Bertz CT molecular complexity index is 553. The molecule has 0 rings (SSSR count). The van der Waals surface area contributed by atoms with Gasteiger partial charge in [-0.25, -0.2) is 0 Å². The van der Waals surface area contributed by atoms with E-state index in [0.29, 0.717) is 25.0 Å². The molecule has 0 aliphatic rings. The summed E-state index contributed by atoms with van der Waals surface area (Å²) in [6, 6.07) is 0. The topological polar surface area (TPSA) is 40.5 Å². The molecule has 0 aliphatic heterocycles. The quantitative estimate of drug-likeness (QED) is 0.0606. The van der Waals surface area contributed by atoms with Crippen molar-refractivity contribution in [3.8, 4) is 0 Å². The minimum atomic E-state index is 0.411. The van der Waals surface area contributed by atoms with Crippen molar-refractivity contribution in [3.05, 3.63) is 0 Å². The molecule has 0 saturated heterocycles. The lowest BCUT2D eigenvalue weighted by atomic mass is 9.94. The summed E-state index contributed by atoms with van der Waals surface area (Å²) < 4.78 is 0. The number of hydrogen-bond acceptors (Lipinski definition) is 2. The van der Waals surface area contributed by atoms with E-state index in [9.17, 15) is 10.2 Å². The van der Waals surface area contributed by atoms with Crippen LogP contribution in [0.15, 0.2) is 0 Å². The van der Waals surface area contributed by atoms with Crippen LogP contribution in [0.1, 0.15) is 310 Å². The Morgan fingerprint density at radius 2 is 0.333 bits per heavy atom. The summed E-state index contributed by atoms with van der Waals surface area (Å²) in [7, 11) is 0. The first-order chi connectivity index (χ1) is 26.7. The SMILES string of the molecule is CCCCCCCCCCCCCC(CO)CCCCCCCCCCC.CCCCCCCCCCCCCC(CO)CCCCCCCCCCC. The molecule has 0 spiro atoms. The fraction of sp³-hybridized carbons (Fsp3) is 1.00. The summed E-state index contributed by atoms with van der Waals surface area (Å²) in [5.74, 6) is 1.15. The van der Waals surface area contributed by atoms with E-state index in [-0.39, 0.29) is 0 Å². The molecule has 0 aliphatic carbocycles. The maximum absolute atomic E-state index is 9.61. The van der Waals surface area contributed by atoms with E-state index in [0.717, 1.165) is 0 Å².